The summed E-state index contributed by atoms with van der Waals surface area (Å²) in [6.07, 6.45) is 5.78. The minimum atomic E-state index is -0.198. The Bertz CT molecular complexity index is 1400. The van der Waals surface area contributed by atoms with Crippen molar-refractivity contribution in [2.45, 2.75) is 13.5 Å². The molecule has 2 amide bonds. The number of hydrogen-bond donors (Lipinski definition) is 2. The Kier molecular flexibility index (Phi) is 5.36. The predicted octanol–water partition coefficient (Wildman–Crippen LogP) is 5.78. The molecule has 2 N–H and O–H groups in total. The quantitative estimate of drug-likeness (QED) is 0.366. The SMILES string of the molecule is CCn1cc(-c2ccnc3[nH]ccc23)c(-c2ccc(N(C)C(=O)Nc3ccccc3)cc2)n1. The number of pyridine rings is 1. The molecule has 5 rings (SSSR count). The molecular weight excluding hydrogens is 412 g/mol. The number of aromatic amines is 1. The van der Waals surface area contributed by atoms with Gasteiger partial charge in [-0.15, -0.1) is 0 Å². The number of nitrogens with one attached hydrogen (secondary N) is 2. The fraction of sp³-hybridized carbons (Fsp3) is 0.115. The number of para-hydroxylation sites is 1. The second-order valence-electron chi connectivity index (χ2n) is 7.75. The van der Waals surface area contributed by atoms with Gasteiger partial charge >= 0.3 is 6.03 Å². The van der Waals surface area contributed by atoms with Gasteiger partial charge in [0, 0.05) is 60.1 Å². The third-order valence-corrected chi connectivity index (χ3v) is 5.69. The van der Waals surface area contributed by atoms with E-state index in [1.54, 1.807) is 11.9 Å². The molecule has 0 unspecified atom stereocenters. The minimum absolute atomic E-state index is 0.198. The van der Waals surface area contributed by atoms with E-state index in [0.29, 0.717) is 0 Å². The van der Waals surface area contributed by atoms with Gasteiger partial charge in [0.2, 0.25) is 0 Å². The van der Waals surface area contributed by atoms with Crippen molar-refractivity contribution in [3.63, 3.8) is 0 Å². The van der Waals surface area contributed by atoms with Gasteiger partial charge in [-0.3, -0.25) is 9.58 Å². The lowest BCUT2D eigenvalue weighted by Gasteiger charge is -2.18. The molecule has 0 aliphatic rings. The molecule has 164 valence electrons. The molecular formula is C26H24N6O. The second-order valence-corrected chi connectivity index (χ2v) is 7.75. The van der Waals surface area contributed by atoms with Gasteiger partial charge in [-0.1, -0.05) is 30.3 Å². The fourth-order valence-electron chi connectivity index (χ4n) is 3.88. The highest BCUT2D eigenvalue weighted by Gasteiger charge is 2.17. The first-order valence-electron chi connectivity index (χ1n) is 10.8. The van der Waals surface area contributed by atoms with Crippen LogP contribution in [-0.2, 0) is 6.54 Å². The average Bonchev–Trinajstić information content (AvgIpc) is 3.51. The van der Waals surface area contributed by atoms with Gasteiger partial charge < -0.3 is 10.3 Å². The lowest BCUT2D eigenvalue weighted by Crippen LogP contribution is -2.31. The molecule has 3 heterocycles. The first kappa shape index (κ1) is 20.5. The number of aryl methyl sites for hydroxylation is 1. The summed E-state index contributed by atoms with van der Waals surface area (Å²) in [5.74, 6) is 0. The standard InChI is InChI=1S/C26H24N6O/c1-3-32-17-23(21-13-15-27-25-22(21)14-16-28-25)24(30-32)18-9-11-20(12-10-18)31(2)26(33)29-19-7-5-4-6-8-19/h4-17H,3H2,1-2H3,(H,27,28)(H,29,33). The molecule has 0 aliphatic carbocycles. The second kappa shape index (κ2) is 8.63. The monoisotopic (exact) mass is 436 g/mol. The number of carbonyl (C=O) groups excluding carboxylic acids is 1. The third kappa shape index (κ3) is 3.96. The predicted molar refractivity (Wildman–Crippen MR) is 132 cm³/mol. The Balaban J connectivity index is 1.45. The van der Waals surface area contributed by atoms with Crippen LogP contribution in [0.3, 0.4) is 0 Å². The van der Waals surface area contributed by atoms with E-state index in [1.807, 2.05) is 83.8 Å². The number of urea groups is 1. The van der Waals surface area contributed by atoms with Gasteiger partial charge in [-0.2, -0.15) is 5.10 Å². The maximum absolute atomic E-state index is 12.6. The smallest absolute Gasteiger partial charge is 0.326 e. The number of rotatable bonds is 5. The van der Waals surface area contributed by atoms with Crippen molar-refractivity contribution in [2.24, 2.45) is 0 Å². The number of nitrogens with zero attached hydrogens (tertiary/aromatic N) is 4. The van der Waals surface area contributed by atoms with Gasteiger partial charge in [-0.05, 0) is 48.9 Å². The molecule has 0 spiro atoms. The van der Waals surface area contributed by atoms with E-state index in [1.165, 1.54) is 0 Å². The molecule has 0 saturated heterocycles. The number of benzene rings is 2. The van der Waals surface area contributed by atoms with Crippen molar-refractivity contribution in [2.75, 3.05) is 17.3 Å². The number of carbonyl (C=O) groups is 1. The van der Waals surface area contributed by atoms with Crippen molar-refractivity contribution >= 4 is 28.4 Å². The van der Waals surface area contributed by atoms with Crippen LogP contribution >= 0.6 is 0 Å². The summed E-state index contributed by atoms with van der Waals surface area (Å²) in [7, 11) is 1.75. The highest BCUT2D eigenvalue weighted by atomic mass is 16.2. The van der Waals surface area contributed by atoms with Gasteiger partial charge in [-0.25, -0.2) is 9.78 Å². The van der Waals surface area contributed by atoms with Crippen LogP contribution in [-0.4, -0.2) is 32.8 Å². The van der Waals surface area contributed by atoms with E-state index < -0.39 is 0 Å². The van der Waals surface area contributed by atoms with Crippen LogP contribution in [0, 0.1) is 0 Å². The van der Waals surface area contributed by atoms with Crippen LogP contribution in [0.5, 0.6) is 0 Å². The topological polar surface area (TPSA) is 78.8 Å². The molecule has 0 bridgehead atoms. The summed E-state index contributed by atoms with van der Waals surface area (Å²) in [4.78, 5) is 21.8. The Morgan fingerprint density at radius 2 is 1.82 bits per heavy atom. The zero-order valence-electron chi connectivity index (χ0n) is 18.5. The first-order valence-corrected chi connectivity index (χ1v) is 10.8. The lowest BCUT2D eigenvalue weighted by atomic mass is 10.0. The fourth-order valence-corrected chi connectivity index (χ4v) is 3.88. The van der Waals surface area contributed by atoms with Gasteiger partial charge in [0.05, 0.1) is 0 Å². The first-order chi connectivity index (χ1) is 16.1. The molecule has 5 aromatic rings. The van der Waals surface area contributed by atoms with Crippen LogP contribution in [0.25, 0.3) is 33.4 Å². The highest BCUT2D eigenvalue weighted by Crippen LogP contribution is 2.35. The summed E-state index contributed by atoms with van der Waals surface area (Å²) in [6, 6.07) is 21.2. The molecule has 3 aromatic heterocycles. The van der Waals surface area contributed by atoms with Crippen LogP contribution in [0.2, 0.25) is 0 Å². The van der Waals surface area contributed by atoms with Gasteiger partial charge in [0.1, 0.15) is 11.3 Å². The Morgan fingerprint density at radius 1 is 1.03 bits per heavy atom. The van der Waals surface area contributed by atoms with Crippen LogP contribution in [0.1, 0.15) is 6.92 Å². The third-order valence-electron chi connectivity index (χ3n) is 5.69. The van der Waals surface area contributed by atoms with Crippen LogP contribution < -0.4 is 10.2 Å². The summed E-state index contributed by atoms with van der Waals surface area (Å²) in [5.41, 5.74) is 6.41. The summed E-state index contributed by atoms with van der Waals surface area (Å²) in [6.45, 7) is 2.84. The molecule has 0 saturated carbocycles. The zero-order valence-corrected chi connectivity index (χ0v) is 18.5. The van der Waals surface area contributed by atoms with E-state index in [-0.39, 0.29) is 6.03 Å². The van der Waals surface area contributed by atoms with E-state index >= 15 is 0 Å². The molecule has 7 heteroatoms. The molecule has 0 atom stereocenters. The van der Waals surface area contributed by atoms with Crippen molar-refractivity contribution in [3.8, 4) is 22.4 Å². The summed E-state index contributed by atoms with van der Waals surface area (Å²) < 4.78 is 1.94. The largest absolute Gasteiger partial charge is 0.346 e. The number of fused-ring (bicyclic) bond motifs is 1. The highest BCUT2D eigenvalue weighted by molar-refractivity contribution is 6.01. The summed E-state index contributed by atoms with van der Waals surface area (Å²) >= 11 is 0. The molecule has 2 aromatic carbocycles. The average molecular weight is 437 g/mol. The molecule has 33 heavy (non-hydrogen) atoms. The minimum Gasteiger partial charge on any atom is -0.346 e. The van der Waals surface area contributed by atoms with E-state index in [9.17, 15) is 4.79 Å². The number of anilines is 2. The maximum atomic E-state index is 12.6. The van der Waals surface area contributed by atoms with Gasteiger partial charge in [0.25, 0.3) is 0 Å². The van der Waals surface area contributed by atoms with Crippen molar-refractivity contribution in [3.05, 3.63) is 85.3 Å². The van der Waals surface area contributed by atoms with E-state index in [4.69, 9.17) is 5.10 Å². The summed E-state index contributed by atoms with van der Waals surface area (Å²) in [5, 5.41) is 8.79. The Labute approximate surface area is 191 Å². The number of aromatic nitrogens is 4. The van der Waals surface area contributed by atoms with Gasteiger partial charge in [0.15, 0.2) is 0 Å². The van der Waals surface area contributed by atoms with Crippen molar-refractivity contribution < 1.29 is 4.79 Å². The van der Waals surface area contributed by atoms with Crippen LogP contribution in [0.15, 0.2) is 85.3 Å². The zero-order chi connectivity index (χ0) is 22.8. The Morgan fingerprint density at radius 3 is 2.58 bits per heavy atom. The number of amides is 2. The van der Waals surface area contributed by atoms with Crippen molar-refractivity contribution in [1.29, 1.82) is 0 Å². The molecule has 7 nitrogen and oxygen atoms in total. The molecule has 0 aliphatic heterocycles. The number of H-pyrrole nitrogens is 1. The maximum Gasteiger partial charge on any atom is 0.326 e. The van der Waals surface area contributed by atoms with E-state index in [0.717, 1.165) is 51.3 Å². The Hall–Kier alpha value is -4.39. The normalized spacial score (nSPS) is 11.0. The van der Waals surface area contributed by atoms with E-state index in [2.05, 4.69) is 28.4 Å². The number of hydrogen-bond acceptors (Lipinski definition) is 3. The van der Waals surface area contributed by atoms with Crippen molar-refractivity contribution in [1.82, 2.24) is 19.7 Å². The molecule has 0 radical (unpaired) electrons. The lowest BCUT2D eigenvalue weighted by molar-refractivity contribution is 0.258. The molecule has 0 fully saturated rings. The van der Waals surface area contributed by atoms with Crippen LogP contribution in [0.4, 0.5) is 16.2 Å².